The van der Waals surface area contributed by atoms with Crippen LogP contribution in [-0.4, -0.2) is 37.6 Å². The number of aromatic hydroxyl groups is 1. The van der Waals surface area contributed by atoms with Crippen molar-refractivity contribution in [2.24, 2.45) is 10.7 Å². The molecule has 0 amide bonds. The zero-order valence-corrected chi connectivity index (χ0v) is 16.0. The first-order valence-corrected chi connectivity index (χ1v) is 8.56. The van der Waals surface area contributed by atoms with Crippen LogP contribution >= 0.6 is 0 Å². The van der Waals surface area contributed by atoms with Crippen LogP contribution in [0, 0.1) is 0 Å². The van der Waals surface area contributed by atoms with Gasteiger partial charge >= 0.3 is 5.97 Å². The normalized spacial score (nSPS) is 12.3. The van der Waals surface area contributed by atoms with E-state index < -0.39 is 0 Å². The van der Waals surface area contributed by atoms with Gasteiger partial charge in [-0.3, -0.25) is 4.79 Å². The van der Waals surface area contributed by atoms with Gasteiger partial charge in [-0.1, -0.05) is 20.8 Å². The molecule has 1 aliphatic heterocycles. The minimum atomic E-state index is -0.245. The Hall–Kier alpha value is -2.50. The van der Waals surface area contributed by atoms with Gasteiger partial charge in [-0.2, -0.15) is 0 Å². The van der Waals surface area contributed by atoms with Gasteiger partial charge in [0.1, 0.15) is 5.75 Å². The summed E-state index contributed by atoms with van der Waals surface area (Å²) in [6.45, 7) is 9.18. The number of nitrogens with two attached hydrogens (primary N) is 1. The molecule has 0 saturated heterocycles. The first-order valence-electron chi connectivity index (χ1n) is 8.56. The molecular weight excluding hydrogens is 318 g/mol. The van der Waals surface area contributed by atoms with Crippen molar-refractivity contribution in [1.82, 2.24) is 0 Å². The third-order valence-electron chi connectivity index (χ3n) is 3.53. The lowest BCUT2D eigenvalue weighted by Crippen LogP contribution is -2.20. The Morgan fingerprint density at radius 2 is 2.08 bits per heavy atom. The molecule has 6 heteroatoms. The lowest BCUT2D eigenvalue weighted by Gasteiger charge is -2.18. The van der Waals surface area contributed by atoms with Crippen molar-refractivity contribution in [3.05, 3.63) is 35.5 Å². The molecule has 2 rings (SSSR count). The molecule has 140 valence electrons. The van der Waals surface area contributed by atoms with Gasteiger partial charge in [0, 0.05) is 37.5 Å². The van der Waals surface area contributed by atoms with Crippen LogP contribution < -0.4 is 10.6 Å². The van der Waals surface area contributed by atoms with Gasteiger partial charge in [-0.05, 0) is 36.6 Å². The molecule has 0 fully saturated rings. The van der Waals surface area contributed by atoms with Gasteiger partial charge < -0.3 is 20.5 Å². The second-order valence-corrected chi connectivity index (χ2v) is 5.04. The van der Waals surface area contributed by atoms with E-state index in [4.69, 9.17) is 5.73 Å². The minimum Gasteiger partial charge on any atom is -0.508 e. The molecular formula is C19H31N3O3. The molecule has 1 aliphatic rings. The smallest absolute Gasteiger partial charge is 0.302 e. The second-order valence-electron chi connectivity index (χ2n) is 5.04. The molecule has 1 aromatic carbocycles. The Balaban J connectivity index is 0.000000710. The average Bonchev–Trinajstić information content (AvgIpc) is 3.04. The van der Waals surface area contributed by atoms with Crippen LogP contribution in [0.15, 0.2) is 29.4 Å². The number of hydrogen-bond acceptors (Lipinski definition) is 5. The number of hydrogen-bond donors (Lipinski definition) is 2. The maximum atomic E-state index is 9.99. The number of benzene rings is 1. The SMILES string of the molecule is CC.CCc1cc(O)c2c(c1)N(C/C=C/N=CN)CC2.COC(C)=O. The molecule has 1 aromatic rings. The number of phenols is 1. The van der Waals surface area contributed by atoms with Crippen molar-refractivity contribution in [3.63, 3.8) is 0 Å². The number of esters is 1. The summed E-state index contributed by atoms with van der Waals surface area (Å²) < 4.78 is 4.11. The summed E-state index contributed by atoms with van der Waals surface area (Å²) in [5.41, 5.74) is 8.54. The Labute approximate surface area is 151 Å². The van der Waals surface area contributed by atoms with Gasteiger partial charge in [0.15, 0.2) is 0 Å². The van der Waals surface area contributed by atoms with Gasteiger partial charge in [-0.25, -0.2) is 4.99 Å². The van der Waals surface area contributed by atoms with E-state index in [1.165, 1.54) is 25.9 Å². The van der Waals surface area contributed by atoms with Crippen LogP contribution in [0.3, 0.4) is 0 Å². The maximum Gasteiger partial charge on any atom is 0.302 e. The summed E-state index contributed by atoms with van der Waals surface area (Å²) in [4.78, 5) is 15.7. The highest BCUT2D eigenvalue weighted by Crippen LogP contribution is 2.35. The highest BCUT2D eigenvalue weighted by atomic mass is 16.5. The highest BCUT2D eigenvalue weighted by molar-refractivity contribution is 5.65. The van der Waals surface area contributed by atoms with Crippen LogP contribution in [0.4, 0.5) is 5.69 Å². The Kier molecular flexibility index (Phi) is 11.6. The minimum absolute atomic E-state index is 0.245. The average molecular weight is 349 g/mol. The molecule has 0 saturated carbocycles. The zero-order chi connectivity index (χ0) is 19.2. The lowest BCUT2D eigenvalue weighted by atomic mass is 10.1. The summed E-state index contributed by atoms with van der Waals surface area (Å²) in [7, 11) is 1.35. The highest BCUT2D eigenvalue weighted by Gasteiger charge is 2.21. The van der Waals surface area contributed by atoms with E-state index in [2.05, 4.69) is 27.6 Å². The van der Waals surface area contributed by atoms with E-state index in [0.29, 0.717) is 5.75 Å². The number of nitrogens with zero attached hydrogens (tertiary/aromatic N) is 2. The van der Waals surface area contributed by atoms with E-state index in [9.17, 15) is 9.90 Å². The van der Waals surface area contributed by atoms with Crippen LogP contribution in [0.5, 0.6) is 5.75 Å². The van der Waals surface area contributed by atoms with Crippen LogP contribution in [-0.2, 0) is 22.4 Å². The number of aliphatic imine (C=N–C) groups is 1. The number of ether oxygens (including phenoxy) is 1. The van der Waals surface area contributed by atoms with Crippen molar-refractivity contribution in [2.45, 2.75) is 40.5 Å². The van der Waals surface area contributed by atoms with E-state index in [1.54, 1.807) is 6.20 Å². The zero-order valence-electron chi connectivity index (χ0n) is 16.0. The van der Waals surface area contributed by atoms with E-state index in [-0.39, 0.29) is 5.97 Å². The maximum absolute atomic E-state index is 9.99. The van der Waals surface area contributed by atoms with Gasteiger partial charge in [0.05, 0.1) is 13.4 Å². The molecule has 0 bridgehead atoms. The molecule has 0 atom stereocenters. The van der Waals surface area contributed by atoms with Crippen LogP contribution in [0.2, 0.25) is 0 Å². The molecule has 0 aromatic heterocycles. The van der Waals surface area contributed by atoms with E-state index in [1.807, 2.05) is 26.0 Å². The number of rotatable bonds is 4. The fourth-order valence-electron chi connectivity index (χ4n) is 2.28. The summed E-state index contributed by atoms with van der Waals surface area (Å²) in [5.74, 6) is 0.181. The quantitative estimate of drug-likeness (QED) is 0.495. The number of aryl methyl sites for hydroxylation is 1. The third-order valence-corrected chi connectivity index (χ3v) is 3.53. The number of phenolic OH excluding ortho intramolecular Hbond substituents is 1. The van der Waals surface area contributed by atoms with Crippen molar-refractivity contribution in [2.75, 3.05) is 25.1 Å². The molecule has 3 N–H and O–H groups in total. The van der Waals surface area contributed by atoms with Crippen molar-refractivity contribution in [1.29, 1.82) is 0 Å². The van der Waals surface area contributed by atoms with E-state index >= 15 is 0 Å². The largest absolute Gasteiger partial charge is 0.508 e. The second kappa shape index (κ2) is 12.9. The fraction of sp³-hybridized carbons (Fsp3) is 0.474. The summed E-state index contributed by atoms with van der Waals surface area (Å²) in [6, 6.07) is 4.04. The molecule has 0 spiro atoms. The lowest BCUT2D eigenvalue weighted by molar-refractivity contribution is -0.137. The van der Waals surface area contributed by atoms with Crippen molar-refractivity contribution >= 4 is 18.0 Å². The molecule has 6 nitrogen and oxygen atoms in total. The third kappa shape index (κ3) is 7.74. The predicted octanol–water partition coefficient (Wildman–Crippen LogP) is 3.02. The van der Waals surface area contributed by atoms with Gasteiger partial charge in [0.25, 0.3) is 0 Å². The fourth-order valence-corrected chi connectivity index (χ4v) is 2.28. The number of fused-ring (bicyclic) bond motifs is 1. The summed E-state index contributed by atoms with van der Waals surface area (Å²) >= 11 is 0. The van der Waals surface area contributed by atoms with E-state index in [0.717, 1.165) is 37.2 Å². The summed E-state index contributed by atoms with van der Waals surface area (Å²) in [6.07, 6.45) is 6.77. The Morgan fingerprint density at radius 1 is 1.44 bits per heavy atom. The number of carbonyl (C=O) groups excluding carboxylic acids is 1. The standard InChI is InChI=1S/C14H19N3O.C3H6O2.C2H6/c1-2-11-8-13-12(14(18)9-11)4-7-17(13)6-3-5-16-10-15;1-3(4)5-2;1-2/h3,5,8-10,18H,2,4,6-7H2,1H3,(H2,15,16);1-2H3;1-2H3/b5-3+;;. The number of carbonyl (C=O) groups is 1. The number of anilines is 1. The molecule has 0 radical (unpaired) electrons. The Morgan fingerprint density at radius 3 is 2.60 bits per heavy atom. The van der Waals surface area contributed by atoms with Crippen LogP contribution in [0.1, 0.15) is 38.8 Å². The first kappa shape index (κ1) is 22.5. The monoisotopic (exact) mass is 349 g/mol. The molecule has 25 heavy (non-hydrogen) atoms. The number of methoxy groups -OCH3 is 1. The predicted molar refractivity (Wildman–Crippen MR) is 104 cm³/mol. The van der Waals surface area contributed by atoms with Crippen molar-refractivity contribution < 1.29 is 14.6 Å². The molecule has 0 unspecified atom stereocenters. The Bertz CT molecular complexity index is 584. The van der Waals surface area contributed by atoms with Crippen LogP contribution in [0.25, 0.3) is 0 Å². The summed E-state index contributed by atoms with van der Waals surface area (Å²) in [5, 5.41) is 9.99. The van der Waals surface area contributed by atoms with Crippen molar-refractivity contribution in [3.8, 4) is 5.75 Å². The topological polar surface area (TPSA) is 88.2 Å². The first-order chi connectivity index (χ1) is 12.0. The van der Waals surface area contributed by atoms with Gasteiger partial charge in [-0.15, -0.1) is 0 Å². The molecule has 0 aliphatic carbocycles. The van der Waals surface area contributed by atoms with Gasteiger partial charge in [0.2, 0.25) is 0 Å². The molecule has 1 heterocycles.